The zero-order chi connectivity index (χ0) is 12.6. The molecule has 6 heteroatoms. The lowest BCUT2D eigenvalue weighted by molar-refractivity contribution is -0.486. The minimum atomic E-state index is -0.992. The van der Waals surface area contributed by atoms with Gasteiger partial charge in [-0.25, -0.2) is 0 Å². The molecule has 5 nitrogen and oxygen atoms in total. The average molecular weight is 302 g/mol. The van der Waals surface area contributed by atoms with E-state index in [2.05, 4.69) is 15.9 Å². The molecule has 1 heterocycles. The van der Waals surface area contributed by atoms with Crippen LogP contribution in [-0.4, -0.2) is 22.9 Å². The summed E-state index contributed by atoms with van der Waals surface area (Å²) in [6.45, 7) is 1.55. The van der Waals surface area contributed by atoms with E-state index in [0.29, 0.717) is 5.75 Å². The highest BCUT2D eigenvalue weighted by Gasteiger charge is 2.37. The quantitative estimate of drug-likeness (QED) is 0.671. The van der Waals surface area contributed by atoms with Gasteiger partial charge in [0.2, 0.25) is 12.8 Å². The van der Waals surface area contributed by atoms with Gasteiger partial charge < -0.3 is 9.84 Å². The fourth-order valence-corrected chi connectivity index (χ4v) is 2.44. The first-order valence-corrected chi connectivity index (χ1v) is 6.04. The number of ether oxygens (including phenoxy) is 1. The second-order valence-electron chi connectivity index (χ2n) is 4.17. The summed E-state index contributed by atoms with van der Waals surface area (Å²) < 4.78 is 6.17. The maximum Gasteiger partial charge on any atom is 0.211 e. The molecule has 0 saturated heterocycles. The number of aliphatic hydroxyl groups excluding tert-OH is 1. The maximum atomic E-state index is 10.7. The van der Waals surface area contributed by atoms with E-state index in [-0.39, 0.29) is 23.3 Å². The van der Waals surface area contributed by atoms with Crippen molar-refractivity contribution < 1.29 is 14.8 Å². The first-order valence-electron chi connectivity index (χ1n) is 5.25. The molecule has 1 N–H and O–H groups in total. The summed E-state index contributed by atoms with van der Waals surface area (Å²) in [5, 5.41) is 20.4. The van der Waals surface area contributed by atoms with Gasteiger partial charge in [-0.1, -0.05) is 22.9 Å². The Hall–Kier alpha value is -1.14. The van der Waals surface area contributed by atoms with Crippen LogP contribution in [0.4, 0.5) is 0 Å². The van der Waals surface area contributed by atoms with Gasteiger partial charge in [-0.3, -0.25) is 10.1 Å². The molecule has 92 valence electrons. The Labute approximate surface area is 107 Å². The highest BCUT2D eigenvalue weighted by Crippen LogP contribution is 2.40. The molecule has 1 aromatic carbocycles. The topological polar surface area (TPSA) is 72.6 Å². The Kier molecular flexibility index (Phi) is 3.35. The van der Waals surface area contributed by atoms with Crippen LogP contribution in [0.5, 0.6) is 5.75 Å². The van der Waals surface area contributed by atoms with Crippen LogP contribution in [0.15, 0.2) is 22.7 Å². The Morgan fingerprint density at radius 3 is 2.94 bits per heavy atom. The predicted octanol–water partition coefficient (Wildman–Crippen LogP) is 2.16. The number of aliphatic hydroxyl groups is 1. The predicted molar refractivity (Wildman–Crippen MR) is 64.5 cm³/mol. The third-order valence-electron chi connectivity index (χ3n) is 3.05. The third kappa shape index (κ3) is 2.42. The van der Waals surface area contributed by atoms with Gasteiger partial charge in [0.25, 0.3) is 0 Å². The summed E-state index contributed by atoms with van der Waals surface area (Å²) in [5.41, 5.74) is 0.772. The molecule has 1 aromatic rings. The molecule has 0 spiro atoms. The summed E-state index contributed by atoms with van der Waals surface area (Å²) >= 11 is 3.33. The van der Waals surface area contributed by atoms with E-state index >= 15 is 0 Å². The van der Waals surface area contributed by atoms with Crippen molar-refractivity contribution in [2.45, 2.75) is 19.1 Å². The first kappa shape index (κ1) is 12.3. The minimum Gasteiger partial charge on any atom is -0.465 e. The van der Waals surface area contributed by atoms with Crippen molar-refractivity contribution in [1.29, 1.82) is 0 Å². The van der Waals surface area contributed by atoms with Crippen molar-refractivity contribution in [2.75, 3.05) is 6.54 Å². The molecule has 17 heavy (non-hydrogen) atoms. The lowest BCUT2D eigenvalue weighted by atomic mass is 9.84. The van der Waals surface area contributed by atoms with Gasteiger partial charge in [0.05, 0.1) is 5.92 Å². The van der Waals surface area contributed by atoms with Gasteiger partial charge in [-0.2, -0.15) is 0 Å². The van der Waals surface area contributed by atoms with Crippen LogP contribution in [-0.2, 0) is 0 Å². The van der Waals surface area contributed by atoms with Crippen molar-refractivity contribution in [1.82, 2.24) is 0 Å². The second kappa shape index (κ2) is 4.62. The Morgan fingerprint density at radius 2 is 2.29 bits per heavy atom. The van der Waals surface area contributed by atoms with Gasteiger partial charge in [-0.05, 0) is 18.2 Å². The van der Waals surface area contributed by atoms with Gasteiger partial charge in [-0.15, -0.1) is 0 Å². The summed E-state index contributed by atoms with van der Waals surface area (Å²) in [5.74, 6) is -0.117. The molecule has 0 radical (unpaired) electrons. The average Bonchev–Trinajstić information content (AvgIpc) is 2.25. The fourth-order valence-electron chi connectivity index (χ4n) is 2.06. The van der Waals surface area contributed by atoms with Crippen LogP contribution in [0, 0.1) is 16.0 Å². The molecule has 1 aliphatic rings. The Bertz CT molecular complexity index is 451. The normalized spacial score (nSPS) is 27.1. The molecule has 0 bridgehead atoms. The van der Waals surface area contributed by atoms with Crippen LogP contribution in [0.1, 0.15) is 18.4 Å². The number of hydrogen-bond donors (Lipinski definition) is 1. The Balaban J connectivity index is 2.42. The molecule has 1 aliphatic heterocycles. The van der Waals surface area contributed by atoms with Crippen LogP contribution in [0.25, 0.3) is 0 Å². The van der Waals surface area contributed by atoms with E-state index < -0.39 is 6.29 Å². The molecule has 3 unspecified atom stereocenters. The molecule has 2 rings (SSSR count). The van der Waals surface area contributed by atoms with Crippen molar-refractivity contribution in [3.05, 3.63) is 38.3 Å². The van der Waals surface area contributed by atoms with E-state index in [0.717, 1.165) is 10.0 Å². The summed E-state index contributed by atoms with van der Waals surface area (Å²) in [7, 11) is 0. The smallest absolute Gasteiger partial charge is 0.211 e. The Morgan fingerprint density at radius 1 is 1.59 bits per heavy atom. The molecule has 0 saturated carbocycles. The summed E-state index contributed by atoms with van der Waals surface area (Å²) in [6.07, 6.45) is -0.992. The van der Waals surface area contributed by atoms with Crippen LogP contribution >= 0.6 is 15.9 Å². The van der Waals surface area contributed by atoms with Crippen LogP contribution in [0.2, 0.25) is 0 Å². The molecule has 0 aromatic heterocycles. The molecular weight excluding hydrogens is 290 g/mol. The SMILES string of the molecule is CC1C(O)Oc2ccc(Br)cc2C1C[N+](=O)[O-]. The van der Waals surface area contributed by atoms with Crippen LogP contribution in [0.3, 0.4) is 0 Å². The number of nitrogens with zero attached hydrogens (tertiary/aromatic N) is 1. The molecule has 0 amide bonds. The monoisotopic (exact) mass is 301 g/mol. The number of hydrogen-bond acceptors (Lipinski definition) is 4. The summed E-state index contributed by atoms with van der Waals surface area (Å²) in [6, 6.07) is 5.30. The fraction of sp³-hybridized carbons (Fsp3) is 0.455. The molecule has 0 fully saturated rings. The van der Waals surface area contributed by atoms with Crippen molar-refractivity contribution in [3.8, 4) is 5.75 Å². The third-order valence-corrected chi connectivity index (χ3v) is 3.54. The maximum absolute atomic E-state index is 10.7. The van der Waals surface area contributed by atoms with E-state index in [4.69, 9.17) is 4.74 Å². The zero-order valence-corrected chi connectivity index (χ0v) is 10.8. The van der Waals surface area contributed by atoms with E-state index in [1.54, 1.807) is 19.1 Å². The van der Waals surface area contributed by atoms with E-state index in [1.807, 2.05) is 6.07 Å². The van der Waals surface area contributed by atoms with Crippen molar-refractivity contribution in [2.24, 2.45) is 5.92 Å². The van der Waals surface area contributed by atoms with E-state index in [9.17, 15) is 15.2 Å². The molecular formula is C11H12BrNO4. The number of nitro groups is 1. The standard InChI is InChI=1S/C11H12BrNO4/c1-6-9(5-13(15)16)8-4-7(12)2-3-10(8)17-11(6)14/h2-4,6,9,11,14H,5H2,1H3. The van der Waals surface area contributed by atoms with Crippen LogP contribution < -0.4 is 4.74 Å². The molecule has 3 atom stereocenters. The lowest BCUT2D eigenvalue weighted by Crippen LogP contribution is -2.36. The van der Waals surface area contributed by atoms with Gasteiger partial charge in [0, 0.05) is 20.9 Å². The van der Waals surface area contributed by atoms with Gasteiger partial charge in [0.1, 0.15) is 5.75 Å². The largest absolute Gasteiger partial charge is 0.465 e. The van der Waals surface area contributed by atoms with Gasteiger partial charge >= 0.3 is 0 Å². The van der Waals surface area contributed by atoms with Gasteiger partial charge in [0.15, 0.2) is 0 Å². The van der Waals surface area contributed by atoms with Crippen molar-refractivity contribution >= 4 is 15.9 Å². The molecule has 0 aliphatic carbocycles. The number of rotatable bonds is 2. The second-order valence-corrected chi connectivity index (χ2v) is 5.09. The minimum absolute atomic E-state index is 0.203. The van der Waals surface area contributed by atoms with Crippen molar-refractivity contribution in [3.63, 3.8) is 0 Å². The summed E-state index contributed by atoms with van der Waals surface area (Å²) in [4.78, 5) is 10.3. The highest BCUT2D eigenvalue weighted by atomic mass is 79.9. The lowest BCUT2D eigenvalue weighted by Gasteiger charge is -2.33. The first-order chi connectivity index (χ1) is 7.99. The number of halogens is 1. The highest BCUT2D eigenvalue weighted by molar-refractivity contribution is 9.10. The zero-order valence-electron chi connectivity index (χ0n) is 9.17. The number of benzene rings is 1. The number of fused-ring (bicyclic) bond motifs is 1. The van der Waals surface area contributed by atoms with E-state index in [1.165, 1.54) is 0 Å².